The molecule has 1 heterocycles. The van der Waals surface area contributed by atoms with Gasteiger partial charge in [0, 0.05) is 5.56 Å². The number of rotatable bonds is 5. The predicted octanol–water partition coefficient (Wildman–Crippen LogP) is 0.185. The number of carbonyl (C=O) groups excluding carboxylic acids is 1. The van der Waals surface area contributed by atoms with Gasteiger partial charge in [-0.3, -0.25) is 5.43 Å². The van der Waals surface area contributed by atoms with E-state index in [0.29, 0.717) is 12.4 Å². The van der Waals surface area contributed by atoms with Crippen LogP contribution in [0.5, 0.6) is 0 Å². The molecule has 96 valence electrons. The molecule has 1 saturated heterocycles. The quantitative estimate of drug-likeness (QED) is 0.255. The van der Waals surface area contributed by atoms with Gasteiger partial charge in [-0.05, 0) is 6.92 Å². The first-order chi connectivity index (χ1) is 8.72. The molecule has 2 atom stereocenters. The van der Waals surface area contributed by atoms with Crippen LogP contribution in [0.1, 0.15) is 12.5 Å². The normalized spacial score (nSPS) is 22.4. The first kappa shape index (κ1) is 12.4. The number of epoxide rings is 1. The minimum atomic E-state index is -0.586. The van der Waals surface area contributed by atoms with E-state index in [0.717, 1.165) is 5.56 Å². The van der Waals surface area contributed by atoms with E-state index in [4.69, 9.17) is 15.2 Å². The fourth-order valence-electron chi connectivity index (χ4n) is 1.42. The molecule has 0 spiro atoms. The highest BCUT2D eigenvalue weighted by Gasteiger charge is 2.46. The number of hydrogen-bond donors (Lipinski definition) is 2. The van der Waals surface area contributed by atoms with Crippen molar-refractivity contribution in [3.8, 4) is 0 Å². The van der Waals surface area contributed by atoms with E-state index in [9.17, 15) is 4.79 Å². The molecule has 0 bridgehead atoms. The lowest BCUT2D eigenvalue weighted by Gasteiger charge is -2.00. The molecule has 0 radical (unpaired) electrons. The Labute approximate surface area is 105 Å². The Morgan fingerprint density at radius 2 is 2.22 bits per heavy atom. The number of hydrazone groups is 1. The molecule has 1 aliphatic heterocycles. The van der Waals surface area contributed by atoms with Crippen molar-refractivity contribution in [3.63, 3.8) is 0 Å². The van der Waals surface area contributed by atoms with Gasteiger partial charge in [-0.1, -0.05) is 30.3 Å². The molecule has 1 aliphatic rings. The maximum Gasteiger partial charge on any atom is 0.340 e. The average Bonchev–Trinajstić information content (AvgIpc) is 3.17. The van der Waals surface area contributed by atoms with Crippen LogP contribution in [0.4, 0.5) is 0 Å². The molecular formula is C12H15N3O3. The first-order valence-corrected chi connectivity index (χ1v) is 5.68. The van der Waals surface area contributed by atoms with E-state index in [1.165, 1.54) is 0 Å². The predicted molar refractivity (Wildman–Crippen MR) is 65.6 cm³/mol. The van der Waals surface area contributed by atoms with Crippen molar-refractivity contribution < 1.29 is 14.3 Å². The Balaban J connectivity index is 1.84. The van der Waals surface area contributed by atoms with Crippen LogP contribution in [0.15, 0.2) is 35.4 Å². The summed E-state index contributed by atoms with van der Waals surface area (Å²) in [7, 11) is 0. The van der Waals surface area contributed by atoms with Gasteiger partial charge in [-0.25, -0.2) is 4.79 Å². The van der Waals surface area contributed by atoms with Crippen molar-refractivity contribution >= 4 is 11.8 Å². The van der Waals surface area contributed by atoms with Crippen LogP contribution in [0, 0.1) is 0 Å². The van der Waals surface area contributed by atoms with Gasteiger partial charge in [0.15, 0.2) is 12.1 Å². The molecule has 0 aromatic heterocycles. The van der Waals surface area contributed by atoms with Gasteiger partial charge < -0.3 is 15.2 Å². The molecule has 6 nitrogen and oxygen atoms in total. The van der Waals surface area contributed by atoms with E-state index < -0.39 is 12.3 Å². The van der Waals surface area contributed by atoms with E-state index in [-0.39, 0.29) is 5.97 Å². The lowest BCUT2D eigenvalue weighted by atomic mass is 10.2. The van der Waals surface area contributed by atoms with Gasteiger partial charge in [0.05, 0.1) is 6.61 Å². The number of hydrogen-bond acceptors (Lipinski definition) is 5. The van der Waals surface area contributed by atoms with Crippen LogP contribution >= 0.6 is 0 Å². The van der Waals surface area contributed by atoms with Crippen LogP contribution in [0.25, 0.3) is 0 Å². The van der Waals surface area contributed by atoms with Gasteiger partial charge in [-0.15, -0.1) is 0 Å². The third-order valence-electron chi connectivity index (χ3n) is 2.39. The number of nitrogens with two attached hydrogens (primary N) is 1. The van der Waals surface area contributed by atoms with Crippen molar-refractivity contribution in [2.75, 3.05) is 6.61 Å². The summed E-state index contributed by atoms with van der Waals surface area (Å²) >= 11 is 0. The minimum absolute atomic E-state index is 0.334. The Hall–Kier alpha value is -2.08. The second-order valence-electron chi connectivity index (χ2n) is 3.72. The van der Waals surface area contributed by atoms with Crippen LogP contribution in [-0.2, 0) is 14.3 Å². The van der Waals surface area contributed by atoms with E-state index in [1.807, 2.05) is 30.3 Å². The molecule has 0 saturated carbocycles. The second-order valence-corrected chi connectivity index (χ2v) is 3.72. The molecule has 18 heavy (non-hydrogen) atoms. The summed E-state index contributed by atoms with van der Waals surface area (Å²) in [6.07, 6.45) is -1.04. The van der Waals surface area contributed by atoms with Crippen molar-refractivity contribution in [1.82, 2.24) is 5.43 Å². The molecule has 3 N–H and O–H groups in total. The van der Waals surface area contributed by atoms with Gasteiger partial charge in [0.1, 0.15) is 0 Å². The highest BCUT2D eigenvalue weighted by Crippen LogP contribution is 2.20. The Morgan fingerprint density at radius 1 is 1.50 bits per heavy atom. The maximum absolute atomic E-state index is 11.3. The molecule has 0 amide bonds. The van der Waals surface area contributed by atoms with Gasteiger partial charge in [0.2, 0.25) is 6.10 Å². The molecule has 1 aromatic rings. The summed E-state index contributed by atoms with van der Waals surface area (Å²) in [4.78, 5) is 11.3. The Morgan fingerprint density at radius 3 is 2.89 bits per heavy atom. The standard InChI is InChI=1S/C12H15N3O3/c1-2-17-12(16)9-11(18-9)15-14-10(13)8-6-4-3-5-7-8/h3-7,9,11,15H,2H2,1H3,(H2,13,14). The zero-order chi connectivity index (χ0) is 13.0. The van der Waals surface area contributed by atoms with Crippen molar-refractivity contribution in [2.24, 2.45) is 10.8 Å². The van der Waals surface area contributed by atoms with E-state index >= 15 is 0 Å². The lowest BCUT2D eigenvalue weighted by Crippen LogP contribution is -2.24. The van der Waals surface area contributed by atoms with Crippen molar-refractivity contribution in [3.05, 3.63) is 35.9 Å². The molecule has 1 aromatic carbocycles. The molecule has 0 aliphatic carbocycles. The zero-order valence-electron chi connectivity index (χ0n) is 10.00. The second kappa shape index (κ2) is 5.50. The topological polar surface area (TPSA) is 89.2 Å². The van der Waals surface area contributed by atoms with Crippen LogP contribution in [-0.4, -0.2) is 30.7 Å². The van der Waals surface area contributed by atoms with Gasteiger partial charge >= 0.3 is 5.97 Å². The average molecular weight is 249 g/mol. The fraction of sp³-hybridized carbons (Fsp3) is 0.333. The van der Waals surface area contributed by atoms with Gasteiger partial charge in [0.25, 0.3) is 0 Å². The number of esters is 1. The third-order valence-corrected chi connectivity index (χ3v) is 2.39. The number of carbonyl (C=O) groups is 1. The lowest BCUT2D eigenvalue weighted by molar-refractivity contribution is -0.144. The SMILES string of the molecule is CCOC(=O)C1OC1NN=C(N)c1ccccc1. The van der Waals surface area contributed by atoms with E-state index in [1.54, 1.807) is 6.92 Å². The zero-order valence-corrected chi connectivity index (χ0v) is 10.00. The molecule has 2 unspecified atom stereocenters. The number of amidine groups is 1. The monoisotopic (exact) mass is 249 g/mol. The third kappa shape index (κ3) is 2.98. The number of nitrogens with one attached hydrogen (secondary N) is 1. The van der Waals surface area contributed by atoms with Gasteiger partial charge in [-0.2, -0.15) is 5.10 Å². The summed E-state index contributed by atoms with van der Waals surface area (Å²) in [5, 5.41) is 3.96. The molecule has 1 fully saturated rings. The summed E-state index contributed by atoms with van der Waals surface area (Å²) in [6.45, 7) is 2.08. The van der Waals surface area contributed by atoms with Crippen LogP contribution in [0.2, 0.25) is 0 Å². The largest absolute Gasteiger partial charge is 0.464 e. The van der Waals surface area contributed by atoms with Crippen molar-refractivity contribution in [2.45, 2.75) is 19.3 Å². The summed E-state index contributed by atoms with van der Waals surface area (Å²) in [5.74, 6) is -0.0443. The smallest absolute Gasteiger partial charge is 0.340 e. The first-order valence-electron chi connectivity index (χ1n) is 5.68. The summed E-state index contributed by atoms with van der Waals surface area (Å²) in [5.41, 5.74) is 9.26. The Kier molecular flexibility index (Phi) is 3.78. The highest BCUT2D eigenvalue weighted by molar-refractivity contribution is 5.97. The number of benzene rings is 1. The fourth-order valence-corrected chi connectivity index (χ4v) is 1.42. The van der Waals surface area contributed by atoms with E-state index in [2.05, 4.69) is 10.5 Å². The minimum Gasteiger partial charge on any atom is -0.464 e. The Bertz CT molecular complexity index is 447. The number of nitrogens with zero attached hydrogens (tertiary/aromatic N) is 1. The number of ether oxygens (including phenoxy) is 2. The molecule has 2 rings (SSSR count). The van der Waals surface area contributed by atoms with Crippen LogP contribution < -0.4 is 11.2 Å². The highest BCUT2D eigenvalue weighted by atomic mass is 16.7. The van der Waals surface area contributed by atoms with Crippen molar-refractivity contribution in [1.29, 1.82) is 0 Å². The maximum atomic E-state index is 11.3. The summed E-state index contributed by atoms with van der Waals surface area (Å²) < 4.78 is 9.87. The molecule has 6 heteroatoms. The van der Waals surface area contributed by atoms with Crippen LogP contribution in [0.3, 0.4) is 0 Å². The molecular weight excluding hydrogens is 234 g/mol. The summed E-state index contributed by atoms with van der Waals surface area (Å²) in [6, 6.07) is 9.32.